The van der Waals surface area contributed by atoms with Gasteiger partial charge in [0.05, 0.1) is 0 Å². The largest absolute Gasteiger partial charge is 0.462 e. The Morgan fingerprint density at radius 1 is 0.292 bits per heavy atom. The van der Waals surface area contributed by atoms with Gasteiger partial charge in [-0.15, -0.1) is 0 Å². The van der Waals surface area contributed by atoms with Crippen molar-refractivity contribution in [2.45, 2.75) is 303 Å². The maximum absolute atomic E-state index is 12.9. The van der Waals surface area contributed by atoms with Crippen LogP contribution in [0.2, 0.25) is 0 Å². The van der Waals surface area contributed by atoms with Crippen LogP contribution >= 0.6 is 0 Å². The van der Waals surface area contributed by atoms with Gasteiger partial charge in [-0.05, 0) is 96.3 Å². The molecular weight excluding hydrogens is 889 g/mol. The second-order valence-corrected chi connectivity index (χ2v) is 20.2. The van der Waals surface area contributed by atoms with E-state index in [9.17, 15) is 14.4 Å². The van der Waals surface area contributed by atoms with Crippen molar-refractivity contribution in [3.8, 4) is 0 Å². The number of esters is 3. The molecule has 0 radical (unpaired) electrons. The molecule has 0 aromatic heterocycles. The summed E-state index contributed by atoms with van der Waals surface area (Å²) in [5, 5.41) is 0. The summed E-state index contributed by atoms with van der Waals surface area (Å²) >= 11 is 0. The van der Waals surface area contributed by atoms with Crippen LogP contribution in [0.25, 0.3) is 0 Å². The van der Waals surface area contributed by atoms with Gasteiger partial charge in [0.25, 0.3) is 0 Å². The molecule has 0 unspecified atom stereocenters. The van der Waals surface area contributed by atoms with Crippen LogP contribution in [-0.4, -0.2) is 37.2 Å². The Morgan fingerprint density at radius 3 is 0.889 bits per heavy atom. The topological polar surface area (TPSA) is 78.9 Å². The summed E-state index contributed by atoms with van der Waals surface area (Å²) in [4.78, 5) is 38.3. The molecule has 6 nitrogen and oxygen atoms in total. The van der Waals surface area contributed by atoms with E-state index < -0.39 is 6.10 Å². The van der Waals surface area contributed by atoms with Crippen molar-refractivity contribution in [1.82, 2.24) is 0 Å². The summed E-state index contributed by atoms with van der Waals surface area (Å²) in [5.41, 5.74) is 0. The van der Waals surface area contributed by atoms with Crippen LogP contribution in [0.5, 0.6) is 0 Å². The highest BCUT2D eigenvalue weighted by Gasteiger charge is 2.19. The fourth-order valence-electron chi connectivity index (χ4n) is 8.56. The zero-order valence-corrected chi connectivity index (χ0v) is 47.4. The zero-order valence-electron chi connectivity index (χ0n) is 47.4. The van der Waals surface area contributed by atoms with Crippen LogP contribution in [0.3, 0.4) is 0 Å². The van der Waals surface area contributed by atoms with Crippen LogP contribution in [0.4, 0.5) is 0 Å². The molecule has 6 heteroatoms. The molecule has 0 aliphatic carbocycles. The Bertz CT molecular complexity index is 1380. The highest BCUT2D eigenvalue weighted by molar-refractivity contribution is 5.71. The van der Waals surface area contributed by atoms with Crippen molar-refractivity contribution in [2.24, 2.45) is 0 Å². The standard InChI is InChI=1S/C66H114O6/c1-4-7-10-13-16-19-22-25-28-31-33-36-38-41-44-47-50-53-56-59-65(68)71-62-63(61-70-64(67)58-55-52-49-46-43-40-37-34-30-27-24-21-18-15-12-9-6-3)72-66(69)60-57-54-51-48-45-42-39-35-32-29-26-23-20-17-14-11-8-5-2/h7,10,16,18-19,21,25,27-28,30,33,36,41,44,63H,4-6,8-9,11-15,17,20,22-24,26,29,31-32,34-35,37-40,42-43,45-62H2,1-3H3/b10-7+,19-16+,21-18+,28-25+,30-27+,36-33+,44-41+/t63-/m1/s1. The maximum atomic E-state index is 12.9. The molecule has 0 N–H and O–H groups in total. The van der Waals surface area contributed by atoms with Crippen LogP contribution < -0.4 is 0 Å². The summed E-state index contributed by atoms with van der Waals surface area (Å²) in [6.07, 6.45) is 78.6. The minimum atomic E-state index is -0.793. The van der Waals surface area contributed by atoms with Gasteiger partial charge in [0.2, 0.25) is 0 Å². The van der Waals surface area contributed by atoms with E-state index in [1.807, 2.05) is 0 Å². The van der Waals surface area contributed by atoms with Crippen molar-refractivity contribution >= 4 is 17.9 Å². The van der Waals surface area contributed by atoms with E-state index >= 15 is 0 Å². The van der Waals surface area contributed by atoms with Gasteiger partial charge in [-0.1, -0.05) is 266 Å². The molecule has 0 heterocycles. The number of allylic oxidation sites excluding steroid dienone is 14. The Kier molecular flexibility index (Phi) is 57.3. The zero-order chi connectivity index (χ0) is 52.2. The van der Waals surface area contributed by atoms with Crippen molar-refractivity contribution in [3.05, 3.63) is 85.1 Å². The number of carbonyl (C=O) groups excluding carboxylic acids is 3. The molecule has 0 aliphatic heterocycles. The van der Waals surface area contributed by atoms with Gasteiger partial charge in [0.1, 0.15) is 13.2 Å². The monoisotopic (exact) mass is 1000 g/mol. The second kappa shape index (κ2) is 60.1. The number of hydrogen-bond acceptors (Lipinski definition) is 6. The molecule has 72 heavy (non-hydrogen) atoms. The summed E-state index contributed by atoms with van der Waals surface area (Å²) in [7, 11) is 0. The third-order valence-corrected chi connectivity index (χ3v) is 13.1. The lowest BCUT2D eigenvalue weighted by molar-refractivity contribution is -0.167. The number of hydrogen-bond donors (Lipinski definition) is 0. The predicted molar refractivity (Wildman–Crippen MR) is 311 cm³/mol. The Balaban J connectivity index is 4.44. The third kappa shape index (κ3) is 57.5. The summed E-state index contributed by atoms with van der Waals surface area (Å²) in [6, 6.07) is 0. The minimum Gasteiger partial charge on any atom is -0.462 e. The maximum Gasteiger partial charge on any atom is 0.306 e. The van der Waals surface area contributed by atoms with Crippen LogP contribution in [0.15, 0.2) is 85.1 Å². The van der Waals surface area contributed by atoms with Crippen molar-refractivity contribution in [2.75, 3.05) is 13.2 Å². The molecule has 0 fully saturated rings. The third-order valence-electron chi connectivity index (χ3n) is 13.1. The molecule has 0 aromatic carbocycles. The van der Waals surface area contributed by atoms with E-state index in [4.69, 9.17) is 14.2 Å². The predicted octanol–water partition coefficient (Wildman–Crippen LogP) is 20.7. The molecule has 0 amide bonds. The molecule has 0 rings (SSSR count). The number of carbonyl (C=O) groups is 3. The number of ether oxygens (including phenoxy) is 3. The SMILES string of the molecule is CC/C=C/C/C=C/C/C=C/C/C=C/C/C=C/CCCCCC(=O)OC[C@@H](COC(=O)CCCCCCCCC/C=C/C/C=C/CCCCC)OC(=O)CCCCCCCCCCCCCCCCCCCC. The highest BCUT2D eigenvalue weighted by atomic mass is 16.6. The fourth-order valence-corrected chi connectivity index (χ4v) is 8.56. The molecule has 0 aliphatic rings. The summed E-state index contributed by atoms with van der Waals surface area (Å²) < 4.78 is 16.9. The first kappa shape index (κ1) is 68.6. The van der Waals surface area contributed by atoms with E-state index in [0.717, 1.165) is 109 Å². The number of unbranched alkanes of at least 4 members (excludes halogenated alkanes) is 30. The van der Waals surface area contributed by atoms with E-state index in [0.29, 0.717) is 19.3 Å². The Hall–Kier alpha value is -3.41. The first-order valence-electron chi connectivity index (χ1n) is 30.6. The molecule has 0 bridgehead atoms. The Morgan fingerprint density at radius 2 is 0.542 bits per heavy atom. The average molecular weight is 1000 g/mol. The lowest BCUT2D eigenvalue weighted by Gasteiger charge is -2.18. The van der Waals surface area contributed by atoms with Gasteiger partial charge in [0.15, 0.2) is 6.10 Å². The second-order valence-electron chi connectivity index (χ2n) is 20.2. The van der Waals surface area contributed by atoms with Gasteiger partial charge in [-0.25, -0.2) is 0 Å². The lowest BCUT2D eigenvalue weighted by Crippen LogP contribution is -2.30. The molecule has 414 valence electrons. The molecule has 0 saturated carbocycles. The van der Waals surface area contributed by atoms with Crippen molar-refractivity contribution in [3.63, 3.8) is 0 Å². The summed E-state index contributed by atoms with van der Waals surface area (Å²) in [6.45, 7) is 6.50. The van der Waals surface area contributed by atoms with Gasteiger partial charge in [-0.2, -0.15) is 0 Å². The minimum absolute atomic E-state index is 0.0894. The number of rotatable bonds is 55. The first-order chi connectivity index (χ1) is 35.5. The van der Waals surface area contributed by atoms with Gasteiger partial charge < -0.3 is 14.2 Å². The van der Waals surface area contributed by atoms with Crippen molar-refractivity contribution < 1.29 is 28.6 Å². The van der Waals surface area contributed by atoms with Crippen molar-refractivity contribution in [1.29, 1.82) is 0 Å². The smallest absolute Gasteiger partial charge is 0.306 e. The lowest BCUT2D eigenvalue weighted by atomic mass is 10.0. The van der Waals surface area contributed by atoms with Crippen LogP contribution in [0, 0.1) is 0 Å². The molecule has 0 spiro atoms. The molecule has 1 atom stereocenters. The average Bonchev–Trinajstić information content (AvgIpc) is 3.38. The van der Waals surface area contributed by atoms with E-state index in [1.54, 1.807) is 0 Å². The Labute approximate surface area is 445 Å². The van der Waals surface area contributed by atoms with Crippen LogP contribution in [0.1, 0.15) is 297 Å². The highest BCUT2D eigenvalue weighted by Crippen LogP contribution is 2.16. The molecular formula is C66H114O6. The fraction of sp³-hybridized carbons (Fsp3) is 0.742. The van der Waals surface area contributed by atoms with Gasteiger partial charge in [0, 0.05) is 19.3 Å². The normalized spacial score (nSPS) is 12.7. The van der Waals surface area contributed by atoms with E-state index in [2.05, 4.69) is 106 Å². The molecule has 0 saturated heterocycles. The van der Waals surface area contributed by atoms with E-state index in [1.165, 1.54) is 148 Å². The summed E-state index contributed by atoms with van der Waals surface area (Å²) in [5.74, 6) is -0.918. The molecule has 0 aromatic rings. The van der Waals surface area contributed by atoms with Gasteiger partial charge >= 0.3 is 17.9 Å². The quantitative estimate of drug-likeness (QED) is 0.0261. The first-order valence-corrected chi connectivity index (χ1v) is 30.6. The van der Waals surface area contributed by atoms with Gasteiger partial charge in [-0.3, -0.25) is 14.4 Å². The van der Waals surface area contributed by atoms with Crippen LogP contribution in [-0.2, 0) is 28.6 Å². The van der Waals surface area contributed by atoms with E-state index in [-0.39, 0.29) is 31.1 Å².